The topological polar surface area (TPSA) is 96.6 Å². The van der Waals surface area contributed by atoms with E-state index in [1.807, 2.05) is 48.5 Å². The fraction of sp³-hybridized carbons (Fsp3) is 0. The third-order valence-electron chi connectivity index (χ3n) is 3.61. The minimum absolute atomic E-state index is 0.432. The highest BCUT2D eigenvalue weighted by atomic mass is 16.2. The number of nitrogens with one attached hydrogen (secondary N) is 2. The van der Waals surface area contributed by atoms with E-state index in [9.17, 15) is 4.79 Å². The summed E-state index contributed by atoms with van der Waals surface area (Å²) in [6.07, 6.45) is 1.52. The van der Waals surface area contributed by atoms with E-state index in [-0.39, 0.29) is 0 Å². The van der Waals surface area contributed by atoms with Crippen LogP contribution in [0.15, 0.2) is 65.8 Å². The van der Waals surface area contributed by atoms with Gasteiger partial charge >= 0.3 is 6.03 Å². The number of amides is 2. The molecule has 0 bridgehead atoms. The Labute approximate surface area is 142 Å². The summed E-state index contributed by atoms with van der Waals surface area (Å²) in [4.78, 5) is 11.8. The molecule has 2 aromatic carbocycles. The Kier molecular flexibility index (Phi) is 3.76. The third-order valence-corrected chi connectivity index (χ3v) is 3.61. The van der Waals surface area contributed by atoms with Crippen molar-refractivity contribution in [2.24, 2.45) is 5.10 Å². The van der Waals surface area contributed by atoms with Crippen LogP contribution in [-0.4, -0.2) is 32.3 Å². The molecule has 0 radical (unpaired) electrons. The minimum atomic E-state index is -0.432. The van der Waals surface area contributed by atoms with E-state index in [0.717, 1.165) is 10.9 Å². The quantitative estimate of drug-likeness (QED) is 0.445. The molecule has 0 saturated carbocycles. The lowest BCUT2D eigenvalue weighted by atomic mass is 10.1. The zero-order valence-corrected chi connectivity index (χ0v) is 13.0. The summed E-state index contributed by atoms with van der Waals surface area (Å²) < 4.78 is 1.64. The largest absolute Gasteiger partial charge is 0.339 e. The van der Waals surface area contributed by atoms with E-state index in [0.29, 0.717) is 16.9 Å². The van der Waals surface area contributed by atoms with Crippen molar-refractivity contribution >= 4 is 34.5 Å². The van der Waals surface area contributed by atoms with Crippen LogP contribution in [0.2, 0.25) is 0 Å². The van der Waals surface area contributed by atoms with Gasteiger partial charge in [-0.15, -0.1) is 5.10 Å². The second kappa shape index (κ2) is 6.36. The lowest BCUT2D eigenvalue weighted by Crippen LogP contribution is -2.24. The summed E-state index contributed by atoms with van der Waals surface area (Å²) in [6.45, 7) is 0. The fourth-order valence-electron chi connectivity index (χ4n) is 2.50. The zero-order chi connectivity index (χ0) is 17.1. The van der Waals surface area contributed by atoms with Crippen molar-refractivity contribution in [3.8, 4) is 0 Å². The summed E-state index contributed by atoms with van der Waals surface area (Å²) in [6, 6.07) is 18.4. The highest BCUT2D eigenvalue weighted by molar-refractivity contribution is 5.96. The van der Waals surface area contributed by atoms with Gasteiger partial charge in [-0.3, -0.25) is 0 Å². The summed E-state index contributed by atoms with van der Waals surface area (Å²) >= 11 is 0. The monoisotopic (exact) mass is 331 g/mol. The number of aromatic nitrogens is 4. The van der Waals surface area contributed by atoms with Crippen LogP contribution in [0, 0.1) is 0 Å². The Morgan fingerprint density at radius 3 is 2.76 bits per heavy atom. The number of hydrazone groups is 1. The van der Waals surface area contributed by atoms with Crippen LogP contribution < -0.4 is 10.7 Å². The number of fused-ring (bicyclic) bond motifs is 3. The smallest absolute Gasteiger partial charge is 0.307 e. The van der Waals surface area contributed by atoms with E-state index >= 15 is 0 Å². The molecular formula is C17H13N7O. The van der Waals surface area contributed by atoms with Crippen LogP contribution in [0.25, 0.3) is 16.6 Å². The van der Waals surface area contributed by atoms with Crippen LogP contribution in [0.3, 0.4) is 0 Å². The summed E-state index contributed by atoms with van der Waals surface area (Å²) in [7, 11) is 0. The number of carbonyl (C=O) groups is 1. The number of anilines is 1. The van der Waals surface area contributed by atoms with Crippen molar-refractivity contribution in [2.75, 3.05) is 5.32 Å². The summed E-state index contributed by atoms with van der Waals surface area (Å²) in [5, 5.41) is 19.4. The predicted molar refractivity (Wildman–Crippen MR) is 94.5 cm³/mol. The molecule has 0 aliphatic carbocycles. The molecule has 2 amide bonds. The molecule has 2 N–H and O–H groups in total. The number of carbonyl (C=O) groups excluding carboxylic acids is 1. The molecule has 25 heavy (non-hydrogen) atoms. The van der Waals surface area contributed by atoms with E-state index in [1.165, 1.54) is 6.21 Å². The number of benzene rings is 2. The second-order valence-corrected chi connectivity index (χ2v) is 5.26. The van der Waals surface area contributed by atoms with Gasteiger partial charge in [0.15, 0.2) is 5.65 Å². The van der Waals surface area contributed by atoms with Crippen molar-refractivity contribution in [2.45, 2.75) is 0 Å². The molecule has 0 spiro atoms. The van der Waals surface area contributed by atoms with Crippen LogP contribution >= 0.6 is 0 Å². The van der Waals surface area contributed by atoms with Crippen LogP contribution in [0.1, 0.15) is 5.56 Å². The highest BCUT2D eigenvalue weighted by Crippen LogP contribution is 2.17. The molecular weight excluding hydrogens is 318 g/mol. The molecule has 4 rings (SSSR count). The van der Waals surface area contributed by atoms with Gasteiger partial charge in [0.2, 0.25) is 0 Å². The van der Waals surface area contributed by atoms with Crippen molar-refractivity contribution in [1.29, 1.82) is 0 Å². The van der Waals surface area contributed by atoms with Gasteiger partial charge in [-0.25, -0.2) is 10.2 Å². The number of para-hydroxylation sites is 2. The maximum absolute atomic E-state index is 11.8. The SMILES string of the molecule is O=C(N/N=C/c1cc2ccccc2n2nnnc12)Nc1ccccc1. The van der Waals surface area contributed by atoms with Crippen LogP contribution in [-0.2, 0) is 0 Å². The van der Waals surface area contributed by atoms with Gasteiger partial charge < -0.3 is 5.32 Å². The Bertz CT molecular complexity index is 1070. The maximum Gasteiger partial charge on any atom is 0.339 e. The average molecular weight is 331 g/mol. The molecule has 0 saturated heterocycles. The third kappa shape index (κ3) is 3.00. The lowest BCUT2D eigenvalue weighted by Gasteiger charge is -2.04. The number of rotatable bonds is 3. The van der Waals surface area contributed by atoms with Crippen LogP contribution in [0.4, 0.5) is 10.5 Å². The van der Waals surface area contributed by atoms with Crippen LogP contribution in [0.5, 0.6) is 0 Å². The zero-order valence-electron chi connectivity index (χ0n) is 13.0. The number of tetrazole rings is 1. The Balaban J connectivity index is 1.56. The average Bonchev–Trinajstić information content (AvgIpc) is 3.13. The Morgan fingerprint density at radius 1 is 1.08 bits per heavy atom. The Hall–Kier alpha value is -3.81. The molecule has 122 valence electrons. The molecule has 8 nitrogen and oxygen atoms in total. The van der Waals surface area contributed by atoms with Crippen molar-refractivity contribution < 1.29 is 4.79 Å². The molecule has 4 aromatic rings. The molecule has 2 heterocycles. The molecule has 0 unspecified atom stereocenters. The van der Waals surface area contributed by atoms with E-state index in [1.54, 1.807) is 16.6 Å². The summed E-state index contributed by atoms with van der Waals surface area (Å²) in [5.41, 5.74) is 5.27. The minimum Gasteiger partial charge on any atom is -0.307 e. The lowest BCUT2D eigenvalue weighted by molar-refractivity contribution is 0.252. The standard InChI is InChI=1S/C17H13N7O/c25-17(19-14-7-2-1-3-8-14)21-18-11-13-10-12-6-4-5-9-15(12)24-16(13)20-22-23-24/h1-11H,(H2,19,21,25)/b18-11+. The van der Waals surface area contributed by atoms with E-state index in [4.69, 9.17) is 0 Å². The molecule has 8 heteroatoms. The summed E-state index contributed by atoms with van der Waals surface area (Å²) in [5.74, 6) is 0. The maximum atomic E-state index is 11.8. The normalized spacial score (nSPS) is 11.2. The Morgan fingerprint density at radius 2 is 1.88 bits per heavy atom. The van der Waals surface area contributed by atoms with Gasteiger partial charge in [-0.05, 0) is 34.7 Å². The van der Waals surface area contributed by atoms with Gasteiger partial charge in [0.1, 0.15) is 0 Å². The number of hydrogen-bond acceptors (Lipinski definition) is 5. The first-order chi connectivity index (χ1) is 12.3. The molecule has 0 aliphatic heterocycles. The van der Waals surface area contributed by atoms with Gasteiger partial charge in [0, 0.05) is 16.6 Å². The molecule has 2 aromatic heterocycles. The molecule has 0 aliphatic rings. The molecule has 0 atom stereocenters. The van der Waals surface area contributed by atoms with E-state index in [2.05, 4.69) is 31.4 Å². The second-order valence-electron chi connectivity index (χ2n) is 5.26. The first-order valence-corrected chi connectivity index (χ1v) is 7.56. The van der Waals surface area contributed by atoms with Crippen molar-refractivity contribution in [3.05, 3.63) is 66.2 Å². The van der Waals surface area contributed by atoms with Crippen molar-refractivity contribution in [3.63, 3.8) is 0 Å². The molecule has 0 fully saturated rings. The van der Waals surface area contributed by atoms with Gasteiger partial charge in [-0.2, -0.15) is 9.62 Å². The van der Waals surface area contributed by atoms with Gasteiger partial charge in [0.25, 0.3) is 0 Å². The number of hydrogen-bond donors (Lipinski definition) is 2. The first kappa shape index (κ1) is 14.8. The number of urea groups is 1. The van der Waals surface area contributed by atoms with E-state index < -0.39 is 6.03 Å². The number of nitrogens with zero attached hydrogens (tertiary/aromatic N) is 5. The highest BCUT2D eigenvalue weighted by Gasteiger charge is 2.08. The van der Waals surface area contributed by atoms with Gasteiger partial charge in [0.05, 0.1) is 11.7 Å². The first-order valence-electron chi connectivity index (χ1n) is 7.56. The van der Waals surface area contributed by atoms with Gasteiger partial charge in [-0.1, -0.05) is 36.4 Å². The van der Waals surface area contributed by atoms with Crippen molar-refractivity contribution in [1.82, 2.24) is 25.5 Å². The number of pyridine rings is 1. The predicted octanol–water partition coefficient (Wildman–Crippen LogP) is 2.43. The fourth-order valence-corrected chi connectivity index (χ4v) is 2.50.